The lowest BCUT2D eigenvalue weighted by molar-refractivity contribution is 0.392. The third-order valence-corrected chi connectivity index (χ3v) is 1.60. The van der Waals surface area contributed by atoms with E-state index in [1.54, 1.807) is 13.3 Å². The molecule has 0 saturated heterocycles. The molecule has 11 heavy (non-hydrogen) atoms. The van der Waals surface area contributed by atoms with Gasteiger partial charge in [-0.05, 0) is 12.1 Å². The van der Waals surface area contributed by atoms with Crippen LogP contribution in [0.1, 0.15) is 0 Å². The minimum atomic E-state index is 0.806. The first-order valence-corrected chi connectivity index (χ1v) is 3.38. The fraction of sp³-hybridized carbons (Fsp3) is 0.125. The van der Waals surface area contributed by atoms with Crippen LogP contribution in [0.4, 0.5) is 0 Å². The Morgan fingerprint density at radius 1 is 1.45 bits per heavy atom. The number of nitrogens with zero attached hydrogens (tertiary/aromatic N) is 2. The van der Waals surface area contributed by atoms with Gasteiger partial charge in [-0.2, -0.15) is 0 Å². The van der Waals surface area contributed by atoms with Crippen LogP contribution in [0.5, 0.6) is 5.88 Å². The second-order valence-electron chi connectivity index (χ2n) is 2.22. The Kier molecular flexibility index (Phi) is 1.28. The van der Waals surface area contributed by atoms with Gasteiger partial charge in [-0.1, -0.05) is 6.07 Å². The Balaban J connectivity index is 2.79. The lowest BCUT2D eigenvalue weighted by Crippen LogP contribution is -1.91. The number of fused-ring (bicyclic) bond motifs is 1. The molecule has 3 nitrogen and oxygen atoms in total. The maximum absolute atomic E-state index is 5.11. The zero-order valence-corrected chi connectivity index (χ0v) is 6.19. The second kappa shape index (κ2) is 2.27. The van der Waals surface area contributed by atoms with Gasteiger partial charge >= 0.3 is 0 Å². The standard InChI is InChI=1S/C8H8N2O/c1-11-8-4-2-3-7-9-5-6-10(7)8/h2-6H,1H3. The van der Waals surface area contributed by atoms with Crippen molar-refractivity contribution in [2.75, 3.05) is 7.11 Å². The topological polar surface area (TPSA) is 26.5 Å². The molecule has 56 valence electrons. The molecule has 0 aromatic carbocycles. The van der Waals surface area contributed by atoms with E-state index < -0.39 is 0 Å². The largest absolute Gasteiger partial charge is 0.482 e. The van der Waals surface area contributed by atoms with Crippen molar-refractivity contribution in [3.05, 3.63) is 30.6 Å². The number of methoxy groups -OCH3 is 1. The van der Waals surface area contributed by atoms with Gasteiger partial charge in [0.05, 0.1) is 7.11 Å². The molecule has 2 aromatic rings. The van der Waals surface area contributed by atoms with Crippen molar-refractivity contribution in [2.24, 2.45) is 0 Å². The van der Waals surface area contributed by atoms with E-state index in [1.165, 1.54) is 0 Å². The molecule has 0 N–H and O–H groups in total. The molecule has 0 spiro atoms. The molecule has 0 fully saturated rings. The zero-order chi connectivity index (χ0) is 7.68. The van der Waals surface area contributed by atoms with Gasteiger partial charge in [-0.25, -0.2) is 4.98 Å². The van der Waals surface area contributed by atoms with Crippen LogP contribution < -0.4 is 4.74 Å². The van der Waals surface area contributed by atoms with Gasteiger partial charge in [0.1, 0.15) is 5.65 Å². The monoisotopic (exact) mass is 148 g/mol. The maximum Gasteiger partial charge on any atom is 0.198 e. The molecule has 0 aliphatic rings. The van der Waals surface area contributed by atoms with Crippen LogP contribution in [0.25, 0.3) is 5.65 Å². The first-order chi connectivity index (χ1) is 5.42. The summed E-state index contributed by atoms with van der Waals surface area (Å²) in [5.41, 5.74) is 0.907. The van der Waals surface area contributed by atoms with Crippen LogP contribution in [0.3, 0.4) is 0 Å². The lowest BCUT2D eigenvalue weighted by Gasteiger charge is -2.01. The SMILES string of the molecule is COc1cccc2nccn12. The number of pyridine rings is 1. The Morgan fingerprint density at radius 2 is 2.36 bits per heavy atom. The summed E-state index contributed by atoms with van der Waals surface area (Å²) in [5.74, 6) is 0.806. The van der Waals surface area contributed by atoms with E-state index >= 15 is 0 Å². The maximum atomic E-state index is 5.11. The highest BCUT2D eigenvalue weighted by molar-refractivity contribution is 5.41. The molecule has 0 radical (unpaired) electrons. The summed E-state index contributed by atoms with van der Waals surface area (Å²) in [7, 11) is 1.65. The van der Waals surface area contributed by atoms with Crippen LogP contribution >= 0.6 is 0 Å². The molecular formula is C8H8N2O. The van der Waals surface area contributed by atoms with Crippen molar-refractivity contribution < 1.29 is 4.74 Å². The lowest BCUT2D eigenvalue weighted by atomic mass is 10.4. The summed E-state index contributed by atoms with van der Waals surface area (Å²) in [6.45, 7) is 0. The molecule has 2 aromatic heterocycles. The number of rotatable bonds is 1. The van der Waals surface area contributed by atoms with Crippen molar-refractivity contribution >= 4 is 5.65 Å². The Bertz CT molecular complexity index is 367. The molecule has 0 aliphatic carbocycles. The predicted molar refractivity (Wildman–Crippen MR) is 41.7 cm³/mol. The van der Waals surface area contributed by atoms with Gasteiger partial charge in [0, 0.05) is 12.4 Å². The Morgan fingerprint density at radius 3 is 3.18 bits per heavy atom. The average Bonchev–Trinajstić information content (AvgIpc) is 2.50. The molecule has 3 heteroatoms. The number of hydrogen-bond donors (Lipinski definition) is 0. The van der Waals surface area contributed by atoms with Gasteiger partial charge in [-0.3, -0.25) is 4.40 Å². The number of ether oxygens (including phenoxy) is 1. The van der Waals surface area contributed by atoms with E-state index in [4.69, 9.17) is 4.74 Å². The summed E-state index contributed by atoms with van der Waals surface area (Å²) in [5, 5.41) is 0. The van der Waals surface area contributed by atoms with Crippen LogP contribution in [-0.4, -0.2) is 16.5 Å². The fourth-order valence-electron chi connectivity index (χ4n) is 1.09. The van der Waals surface area contributed by atoms with E-state index in [9.17, 15) is 0 Å². The van der Waals surface area contributed by atoms with Crippen molar-refractivity contribution in [2.45, 2.75) is 0 Å². The molecule has 0 aliphatic heterocycles. The third-order valence-electron chi connectivity index (χ3n) is 1.60. The minimum absolute atomic E-state index is 0.806. The quantitative estimate of drug-likeness (QED) is 0.610. The predicted octanol–water partition coefficient (Wildman–Crippen LogP) is 1.34. The van der Waals surface area contributed by atoms with E-state index in [-0.39, 0.29) is 0 Å². The smallest absolute Gasteiger partial charge is 0.198 e. The second-order valence-corrected chi connectivity index (χ2v) is 2.22. The molecule has 2 heterocycles. The molecule has 0 amide bonds. The molecule has 0 atom stereocenters. The highest BCUT2D eigenvalue weighted by Gasteiger charge is 1.96. The van der Waals surface area contributed by atoms with Crippen molar-refractivity contribution in [1.29, 1.82) is 0 Å². The Labute approximate surface area is 64.2 Å². The van der Waals surface area contributed by atoms with Crippen molar-refractivity contribution in [1.82, 2.24) is 9.38 Å². The van der Waals surface area contributed by atoms with Gasteiger partial charge in [-0.15, -0.1) is 0 Å². The summed E-state index contributed by atoms with van der Waals surface area (Å²) in [4.78, 5) is 4.11. The summed E-state index contributed by atoms with van der Waals surface area (Å²) in [6.07, 6.45) is 3.62. The summed E-state index contributed by atoms with van der Waals surface area (Å²) < 4.78 is 7.00. The summed E-state index contributed by atoms with van der Waals surface area (Å²) in [6, 6.07) is 5.75. The molecule has 2 rings (SSSR count). The van der Waals surface area contributed by atoms with E-state index in [2.05, 4.69) is 4.98 Å². The molecule has 0 saturated carbocycles. The third kappa shape index (κ3) is 0.852. The van der Waals surface area contributed by atoms with E-state index in [1.807, 2.05) is 28.8 Å². The normalized spacial score (nSPS) is 10.3. The van der Waals surface area contributed by atoms with Crippen LogP contribution in [0.2, 0.25) is 0 Å². The first-order valence-electron chi connectivity index (χ1n) is 3.38. The fourth-order valence-corrected chi connectivity index (χ4v) is 1.09. The highest BCUT2D eigenvalue weighted by Crippen LogP contribution is 2.11. The van der Waals surface area contributed by atoms with Crippen LogP contribution in [0.15, 0.2) is 30.6 Å². The first kappa shape index (κ1) is 6.22. The Hall–Kier alpha value is -1.51. The zero-order valence-electron chi connectivity index (χ0n) is 6.19. The highest BCUT2D eigenvalue weighted by atomic mass is 16.5. The molecule has 0 unspecified atom stereocenters. The van der Waals surface area contributed by atoms with Crippen molar-refractivity contribution in [3.8, 4) is 5.88 Å². The molecule has 0 bridgehead atoms. The molecular weight excluding hydrogens is 140 g/mol. The van der Waals surface area contributed by atoms with Gasteiger partial charge in [0.15, 0.2) is 5.88 Å². The van der Waals surface area contributed by atoms with Crippen molar-refractivity contribution in [3.63, 3.8) is 0 Å². The minimum Gasteiger partial charge on any atom is -0.482 e. The number of hydrogen-bond acceptors (Lipinski definition) is 2. The number of imidazole rings is 1. The van der Waals surface area contributed by atoms with E-state index in [0.29, 0.717) is 0 Å². The average molecular weight is 148 g/mol. The van der Waals surface area contributed by atoms with Gasteiger partial charge in [0.2, 0.25) is 0 Å². The van der Waals surface area contributed by atoms with Crippen LogP contribution in [-0.2, 0) is 0 Å². The summed E-state index contributed by atoms with van der Waals surface area (Å²) >= 11 is 0. The number of aromatic nitrogens is 2. The van der Waals surface area contributed by atoms with Gasteiger partial charge in [0.25, 0.3) is 0 Å². The van der Waals surface area contributed by atoms with E-state index in [0.717, 1.165) is 11.5 Å². The van der Waals surface area contributed by atoms with Gasteiger partial charge < -0.3 is 4.74 Å². The van der Waals surface area contributed by atoms with Crippen LogP contribution in [0, 0.1) is 0 Å².